The summed E-state index contributed by atoms with van der Waals surface area (Å²) in [6, 6.07) is 4.46. The first-order valence-corrected chi connectivity index (χ1v) is 9.25. The van der Waals surface area contributed by atoms with Crippen LogP contribution in [0.5, 0.6) is 0 Å². The monoisotopic (exact) mass is 362 g/mol. The second-order valence-corrected chi connectivity index (χ2v) is 7.28. The summed E-state index contributed by atoms with van der Waals surface area (Å²) in [6.07, 6.45) is 2.19. The summed E-state index contributed by atoms with van der Waals surface area (Å²) in [5.74, 6) is -0.413. The molecule has 6 nitrogen and oxygen atoms in total. The Balaban J connectivity index is 1.46. The summed E-state index contributed by atoms with van der Waals surface area (Å²) in [5.41, 5.74) is 1.34. The molecule has 1 aromatic rings. The zero-order valence-electron chi connectivity index (χ0n) is 15.4. The Labute approximate surface area is 153 Å². The number of halogens is 1. The van der Waals surface area contributed by atoms with Gasteiger partial charge < -0.3 is 10.6 Å². The van der Waals surface area contributed by atoms with Crippen molar-refractivity contribution in [2.75, 3.05) is 38.0 Å². The highest BCUT2D eigenvalue weighted by Gasteiger charge is 2.28. The maximum atomic E-state index is 13.4. The van der Waals surface area contributed by atoms with Crippen LogP contribution in [-0.2, 0) is 9.59 Å². The van der Waals surface area contributed by atoms with Crippen LogP contribution in [0.1, 0.15) is 25.3 Å². The molecule has 0 bridgehead atoms. The topological polar surface area (TPSA) is 64.7 Å². The summed E-state index contributed by atoms with van der Waals surface area (Å²) < 4.78 is 13.4. The normalized spacial score (nSPS) is 19.8. The number of anilines is 1. The number of piperazine rings is 1. The molecule has 2 N–H and O–H groups in total. The van der Waals surface area contributed by atoms with E-state index >= 15 is 0 Å². The fourth-order valence-corrected chi connectivity index (χ4v) is 3.14. The highest BCUT2D eigenvalue weighted by Crippen LogP contribution is 2.19. The predicted molar refractivity (Wildman–Crippen MR) is 98.4 cm³/mol. The van der Waals surface area contributed by atoms with Gasteiger partial charge in [-0.3, -0.25) is 19.4 Å². The summed E-state index contributed by atoms with van der Waals surface area (Å²) in [4.78, 5) is 28.6. The first kappa shape index (κ1) is 18.8. The van der Waals surface area contributed by atoms with Crippen molar-refractivity contribution >= 4 is 17.5 Å². The minimum atomic E-state index is -0.364. The lowest BCUT2D eigenvalue weighted by Crippen LogP contribution is -2.54. The van der Waals surface area contributed by atoms with Gasteiger partial charge in [-0.2, -0.15) is 0 Å². The third-order valence-electron chi connectivity index (χ3n) is 5.10. The van der Waals surface area contributed by atoms with Crippen molar-refractivity contribution in [1.29, 1.82) is 0 Å². The molecule has 2 aliphatic rings. The quantitative estimate of drug-likeness (QED) is 0.802. The van der Waals surface area contributed by atoms with Crippen LogP contribution < -0.4 is 10.6 Å². The fourth-order valence-electron chi connectivity index (χ4n) is 3.14. The van der Waals surface area contributed by atoms with Gasteiger partial charge in [0.25, 0.3) is 0 Å². The molecule has 3 rings (SSSR count). The van der Waals surface area contributed by atoms with Crippen molar-refractivity contribution < 1.29 is 14.0 Å². The van der Waals surface area contributed by atoms with E-state index in [2.05, 4.69) is 20.4 Å². The van der Waals surface area contributed by atoms with Crippen LogP contribution in [0.4, 0.5) is 10.1 Å². The number of nitrogens with one attached hydrogen (secondary N) is 2. The average molecular weight is 362 g/mol. The van der Waals surface area contributed by atoms with Gasteiger partial charge in [-0.25, -0.2) is 4.39 Å². The number of hydrogen-bond donors (Lipinski definition) is 2. The minimum absolute atomic E-state index is 0.0910. The SMILES string of the molecule is Cc1ccc(F)cc1NC(=O)C(C)N1CCN(CC(=O)NC2CC2)CC1. The third kappa shape index (κ3) is 5.02. The van der Waals surface area contributed by atoms with Crippen molar-refractivity contribution in [1.82, 2.24) is 15.1 Å². The van der Waals surface area contributed by atoms with Crippen LogP contribution in [0.2, 0.25) is 0 Å². The Morgan fingerprint density at radius 1 is 1.23 bits per heavy atom. The second kappa shape index (κ2) is 8.14. The van der Waals surface area contributed by atoms with E-state index in [4.69, 9.17) is 0 Å². The molecule has 1 aliphatic heterocycles. The van der Waals surface area contributed by atoms with Gasteiger partial charge in [-0.15, -0.1) is 0 Å². The van der Waals surface area contributed by atoms with Gasteiger partial charge in [0.05, 0.1) is 12.6 Å². The summed E-state index contributed by atoms with van der Waals surface area (Å²) in [6.45, 7) is 7.10. The van der Waals surface area contributed by atoms with Crippen molar-refractivity contribution in [2.45, 2.75) is 38.8 Å². The highest BCUT2D eigenvalue weighted by molar-refractivity contribution is 5.95. The molecule has 1 saturated carbocycles. The van der Waals surface area contributed by atoms with Gasteiger partial charge >= 0.3 is 0 Å². The smallest absolute Gasteiger partial charge is 0.241 e. The number of amides is 2. The highest BCUT2D eigenvalue weighted by atomic mass is 19.1. The lowest BCUT2D eigenvalue weighted by Gasteiger charge is -2.37. The van der Waals surface area contributed by atoms with E-state index in [0.29, 0.717) is 18.3 Å². The standard InChI is InChI=1S/C19H27FN4O2/c1-13-3-4-15(20)11-17(13)22-19(26)14(2)24-9-7-23(8-10-24)12-18(25)21-16-5-6-16/h3-4,11,14,16H,5-10,12H2,1-2H3,(H,21,25)(H,22,26). The average Bonchev–Trinajstić information content (AvgIpc) is 3.42. The Morgan fingerprint density at radius 2 is 1.92 bits per heavy atom. The third-order valence-corrected chi connectivity index (χ3v) is 5.10. The van der Waals surface area contributed by atoms with Crippen LogP contribution in [0.15, 0.2) is 18.2 Å². The molecule has 1 aromatic carbocycles. The lowest BCUT2D eigenvalue weighted by molar-refractivity contribution is -0.124. The van der Waals surface area contributed by atoms with Crippen molar-refractivity contribution in [3.63, 3.8) is 0 Å². The molecule has 2 fully saturated rings. The number of rotatable bonds is 6. The van der Waals surface area contributed by atoms with E-state index < -0.39 is 0 Å². The Hall–Kier alpha value is -1.99. The molecule has 1 unspecified atom stereocenters. The minimum Gasteiger partial charge on any atom is -0.352 e. The van der Waals surface area contributed by atoms with Gasteiger partial charge in [-0.05, 0) is 44.4 Å². The molecular weight excluding hydrogens is 335 g/mol. The molecule has 0 aromatic heterocycles. The van der Waals surface area contributed by atoms with E-state index in [-0.39, 0.29) is 23.7 Å². The fraction of sp³-hybridized carbons (Fsp3) is 0.579. The van der Waals surface area contributed by atoms with Crippen molar-refractivity contribution in [2.24, 2.45) is 0 Å². The zero-order valence-corrected chi connectivity index (χ0v) is 15.4. The van der Waals surface area contributed by atoms with Gasteiger partial charge in [0, 0.05) is 37.9 Å². The number of hydrogen-bond acceptors (Lipinski definition) is 4. The van der Waals surface area contributed by atoms with Gasteiger partial charge in [0.2, 0.25) is 11.8 Å². The largest absolute Gasteiger partial charge is 0.352 e. The van der Waals surface area contributed by atoms with Crippen molar-refractivity contribution in [3.8, 4) is 0 Å². The molecule has 7 heteroatoms. The van der Waals surface area contributed by atoms with E-state index in [0.717, 1.165) is 44.6 Å². The molecule has 1 atom stereocenters. The van der Waals surface area contributed by atoms with Crippen LogP contribution in [0, 0.1) is 12.7 Å². The molecule has 2 amide bonds. The maximum Gasteiger partial charge on any atom is 0.241 e. The van der Waals surface area contributed by atoms with Gasteiger partial charge in [-0.1, -0.05) is 6.07 Å². The number of carbonyl (C=O) groups excluding carboxylic acids is 2. The van der Waals surface area contributed by atoms with E-state index in [1.807, 2.05) is 13.8 Å². The Kier molecular flexibility index (Phi) is 5.88. The summed E-state index contributed by atoms with van der Waals surface area (Å²) >= 11 is 0. The van der Waals surface area contributed by atoms with Gasteiger partial charge in [0.1, 0.15) is 5.82 Å². The number of carbonyl (C=O) groups is 2. The van der Waals surface area contributed by atoms with E-state index in [9.17, 15) is 14.0 Å². The number of nitrogens with zero attached hydrogens (tertiary/aromatic N) is 2. The summed E-state index contributed by atoms with van der Waals surface area (Å²) in [7, 11) is 0. The molecule has 0 radical (unpaired) electrons. The van der Waals surface area contributed by atoms with Crippen LogP contribution >= 0.6 is 0 Å². The van der Waals surface area contributed by atoms with E-state index in [1.165, 1.54) is 12.1 Å². The van der Waals surface area contributed by atoms with Crippen molar-refractivity contribution in [3.05, 3.63) is 29.6 Å². The lowest BCUT2D eigenvalue weighted by atomic mass is 10.1. The molecular formula is C19H27FN4O2. The molecule has 1 saturated heterocycles. The molecule has 0 spiro atoms. The number of aryl methyl sites for hydroxylation is 1. The zero-order chi connectivity index (χ0) is 18.7. The van der Waals surface area contributed by atoms with Gasteiger partial charge in [0.15, 0.2) is 0 Å². The molecule has 1 heterocycles. The maximum absolute atomic E-state index is 13.4. The Morgan fingerprint density at radius 3 is 2.58 bits per heavy atom. The predicted octanol–water partition coefficient (Wildman–Crippen LogP) is 1.36. The summed E-state index contributed by atoms with van der Waals surface area (Å²) in [5, 5.41) is 5.82. The molecule has 1 aliphatic carbocycles. The first-order chi connectivity index (χ1) is 12.4. The molecule has 26 heavy (non-hydrogen) atoms. The van der Waals surface area contributed by atoms with Crippen LogP contribution in [-0.4, -0.2) is 66.4 Å². The number of benzene rings is 1. The van der Waals surface area contributed by atoms with Crippen LogP contribution in [0.25, 0.3) is 0 Å². The molecule has 142 valence electrons. The first-order valence-electron chi connectivity index (χ1n) is 9.25. The van der Waals surface area contributed by atoms with E-state index in [1.54, 1.807) is 6.07 Å². The Bertz CT molecular complexity index is 670. The second-order valence-electron chi connectivity index (χ2n) is 7.28. The van der Waals surface area contributed by atoms with Crippen LogP contribution in [0.3, 0.4) is 0 Å².